The van der Waals surface area contributed by atoms with Gasteiger partial charge in [-0.1, -0.05) is 6.42 Å². The summed E-state index contributed by atoms with van der Waals surface area (Å²) in [5, 5.41) is 6.37. The molecule has 0 spiro atoms. The van der Waals surface area contributed by atoms with Crippen LogP contribution in [0.15, 0.2) is 18.2 Å². The fraction of sp³-hybridized carbons (Fsp3) is 0.562. The Morgan fingerprint density at radius 3 is 2.65 bits per heavy atom. The van der Waals surface area contributed by atoms with Gasteiger partial charge in [-0.05, 0) is 56.7 Å². The zero-order valence-corrected chi connectivity index (χ0v) is 13.4. The summed E-state index contributed by atoms with van der Waals surface area (Å²) in [5.74, 6) is 0.0471. The maximum Gasteiger partial charge on any atom is 0.251 e. The van der Waals surface area contributed by atoms with Gasteiger partial charge in [0.15, 0.2) is 0 Å². The van der Waals surface area contributed by atoms with Crippen LogP contribution in [0.5, 0.6) is 0 Å². The third-order valence-electron chi connectivity index (χ3n) is 4.12. The van der Waals surface area contributed by atoms with Gasteiger partial charge in [0.2, 0.25) is 0 Å². The number of hydrogen-bond acceptors (Lipinski definition) is 3. The van der Waals surface area contributed by atoms with Crippen molar-refractivity contribution in [1.29, 1.82) is 0 Å². The Labute approximate surface area is 125 Å². The van der Waals surface area contributed by atoms with Crippen molar-refractivity contribution in [3.05, 3.63) is 29.3 Å². The van der Waals surface area contributed by atoms with E-state index in [9.17, 15) is 4.79 Å². The molecular formula is C16H24N2OS. The molecule has 0 saturated heterocycles. The molecule has 3 nitrogen and oxygen atoms in total. The second kappa shape index (κ2) is 6.53. The van der Waals surface area contributed by atoms with Crippen molar-refractivity contribution in [1.82, 2.24) is 5.32 Å². The van der Waals surface area contributed by atoms with Crippen molar-refractivity contribution in [2.75, 3.05) is 24.7 Å². The Morgan fingerprint density at radius 2 is 2.15 bits per heavy atom. The summed E-state index contributed by atoms with van der Waals surface area (Å²) in [5.41, 5.74) is 2.87. The van der Waals surface area contributed by atoms with Crippen molar-refractivity contribution in [3.8, 4) is 0 Å². The van der Waals surface area contributed by atoms with Crippen LogP contribution < -0.4 is 10.6 Å². The van der Waals surface area contributed by atoms with Crippen molar-refractivity contribution >= 4 is 23.4 Å². The number of carbonyl (C=O) groups excluding carboxylic acids is 1. The van der Waals surface area contributed by atoms with Crippen LogP contribution in [0.3, 0.4) is 0 Å². The number of carbonyl (C=O) groups is 1. The Hall–Kier alpha value is -1.16. The molecule has 110 valence electrons. The Morgan fingerprint density at radius 1 is 1.40 bits per heavy atom. The zero-order valence-electron chi connectivity index (χ0n) is 12.6. The lowest BCUT2D eigenvalue weighted by Gasteiger charge is -2.40. The van der Waals surface area contributed by atoms with Crippen LogP contribution in [0, 0.1) is 6.92 Å². The molecule has 0 atom stereocenters. The standard InChI is InChI=1S/C16H24N2OS/c1-4-17-13-6-7-14(12(2)10-13)15(19)18-11-16(20-3)8-5-9-16/h6-7,10,17H,4-5,8-9,11H2,1-3H3,(H,18,19). The minimum atomic E-state index is 0.0471. The van der Waals surface area contributed by atoms with E-state index in [1.165, 1.54) is 19.3 Å². The lowest BCUT2D eigenvalue weighted by Crippen LogP contribution is -2.45. The summed E-state index contributed by atoms with van der Waals surface area (Å²) in [6, 6.07) is 5.92. The van der Waals surface area contributed by atoms with E-state index in [0.29, 0.717) is 0 Å². The van der Waals surface area contributed by atoms with Gasteiger partial charge in [-0.2, -0.15) is 11.8 Å². The molecule has 0 unspecified atom stereocenters. The number of anilines is 1. The molecule has 1 aliphatic rings. The Balaban J connectivity index is 1.98. The highest BCUT2D eigenvalue weighted by Gasteiger charge is 2.36. The fourth-order valence-electron chi connectivity index (χ4n) is 2.59. The maximum atomic E-state index is 12.3. The normalized spacial score (nSPS) is 16.4. The lowest BCUT2D eigenvalue weighted by atomic mass is 9.84. The van der Waals surface area contributed by atoms with E-state index in [2.05, 4.69) is 23.8 Å². The Bertz CT molecular complexity index is 478. The summed E-state index contributed by atoms with van der Waals surface area (Å²) in [6.07, 6.45) is 5.86. The molecule has 0 aromatic heterocycles. The molecule has 2 N–H and O–H groups in total. The van der Waals surface area contributed by atoms with Crippen molar-refractivity contribution in [3.63, 3.8) is 0 Å². The molecule has 1 aromatic rings. The predicted molar refractivity (Wildman–Crippen MR) is 87.8 cm³/mol. The third kappa shape index (κ3) is 3.29. The van der Waals surface area contributed by atoms with E-state index in [-0.39, 0.29) is 10.7 Å². The number of amides is 1. The van der Waals surface area contributed by atoms with Gasteiger partial charge in [0, 0.05) is 29.1 Å². The molecule has 0 bridgehead atoms. The molecule has 1 amide bonds. The highest BCUT2D eigenvalue weighted by molar-refractivity contribution is 8.00. The molecule has 0 heterocycles. The number of hydrogen-bond donors (Lipinski definition) is 2. The van der Waals surface area contributed by atoms with Gasteiger partial charge in [-0.15, -0.1) is 0 Å². The first-order chi connectivity index (χ1) is 9.60. The molecule has 1 fully saturated rings. The van der Waals surface area contributed by atoms with Crippen LogP contribution in [0.2, 0.25) is 0 Å². The average Bonchev–Trinajstić information content (AvgIpc) is 2.38. The molecule has 1 aliphatic carbocycles. The quantitative estimate of drug-likeness (QED) is 0.844. The van der Waals surface area contributed by atoms with Crippen LogP contribution in [-0.4, -0.2) is 30.0 Å². The van der Waals surface area contributed by atoms with Gasteiger partial charge >= 0.3 is 0 Å². The van der Waals surface area contributed by atoms with Crippen molar-refractivity contribution < 1.29 is 4.79 Å². The summed E-state index contributed by atoms with van der Waals surface area (Å²) in [4.78, 5) is 12.3. The average molecular weight is 292 g/mol. The van der Waals surface area contributed by atoms with Crippen LogP contribution in [0.1, 0.15) is 42.1 Å². The van der Waals surface area contributed by atoms with E-state index >= 15 is 0 Å². The smallest absolute Gasteiger partial charge is 0.251 e. The monoisotopic (exact) mass is 292 g/mol. The molecule has 4 heteroatoms. The van der Waals surface area contributed by atoms with E-state index in [1.807, 2.05) is 36.9 Å². The minimum absolute atomic E-state index is 0.0471. The molecule has 1 aromatic carbocycles. The van der Waals surface area contributed by atoms with E-state index in [4.69, 9.17) is 0 Å². The summed E-state index contributed by atoms with van der Waals surface area (Å²) < 4.78 is 0.285. The van der Waals surface area contributed by atoms with Crippen molar-refractivity contribution in [2.24, 2.45) is 0 Å². The van der Waals surface area contributed by atoms with Gasteiger partial charge in [0.1, 0.15) is 0 Å². The highest BCUT2D eigenvalue weighted by atomic mass is 32.2. The molecule has 2 rings (SSSR count). The predicted octanol–water partition coefficient (Wildman–Crippen LogP) is 3.44. The highest BCUT2D eigenvalue weighted by Crippen LogP contribution is 2.42. The summed E-state index contributed by atoms with van der Waals surface area (Å²) in [7, 11) is 0. The molecular weight excluding hydrogens is 268 g/mol. The summed E-state index contributed by atoms with van der Waals surface area (Å²) >= 11 is 1.88. The van der Waals surface area contributed by atoms with Gasteiger partial charge in [0.05, 0.1) is 0 Å². The minimum Gasteiger partial charge on any atom is -0.385 e. The number of benzene rings is 1. The number of rotatable bonds is 6. The molecule has 1 saturated carbocycles. The molecule has 20 heavy (non-hydrogen) atoms. The van der Waals surface area contributed by atoms with E-state index in [1.54, 1.807) is 0 Å². The largest absolute Gasteiger partial charge is 0.385 e. The summed E-state index contributed by atoms with van der Waals surface area (Å²) in [6.45, 7) is 5.72. The Kier molecular flexibility index (Phi) is 4.97. The maximum absolute atomic E-state index is 12.3. The van der Waals surface area contributed by atoms with Gasteiger partial charge in [-0.3, -0.25) is 4.79 Å². The first-order valence-corrected chi connectivity index (χ1v) is 8.50. The van der Waals surface area contributed by atoms with Gasteiger partial charge < -0.3 is 10.6 Å². The topological polar surface area (TPSA) is 41.1 Å². The third-order valence-corrected chi connectivity index (χ3v) is 5.54. The molecule has 0 radical (unpaired) electrons. The molecule has 0 aliphatic heterocycles. The van der Waals surface area contributed by atoms with Gasteiger partial charge in [0.25, 0.3) is 5.91 Å². The van der Waals surface area contributed by atoms with Crippen LogP contribution in [0.4, 0.5) is 5.69 Å². The first kappa shape index (κ1) is 15.2. The number of nitrogens with one attached hydrogen (secondary N) is 2. The fourth-order valence-corrected chi connectivity index (χ4v) is 3.51. The zero-order chi connectivity index (χ0) is 14.6. The van der Waals surface area contributed by atoms with Crippen molar-refractivity contribution in [2.45, 2.75) is 37.9 Å². The first-order valence-electron chi connectivity index (χ1n) is 7.28. The van der Waals surface area contributed by atoms with E-state index < -0.39 is 0 Å². The van der Waals surface area contributed by atoms with Crippen LogP contribution >= 0.6 is 11.8 Å². The van der Waals surface area contributed by atoms with Crippen LogP contribution in [0.25, 0.3) is 0 Å². The lowest BCUT2D eigenvalue weighted by molar-refractivity contribution is 0.0943. The van der Waals surface area contributed by atoms with Gasteiger partial charge in [-0.25, -0.2) is 0 Å². The number of aryl methyl sites for hydroxylation is 1. The van der Waals surface area contributed by atoms with E-state index in [0.717, 1.165) is 29.9 Å². The SMILES string of the molecule is CCNc1ccc(C(=O)NCC2(SC)CCC2)c(C)c1. The van der Waals surface area contributed by atoms with Crippen LogP contribution in [-0.2, 0) is 0 Å². The second-order valence-electron chi connectivity index (χ2n) is 5.48. The number of thioether (sulfide) groups is 1. The second-order valence-corrected chi connectivity index (χ2v) is 6.76.